The minimum atomic E-state index is -4.41. The normalized spacial score (nSPS) is 17.0. The zero-order chi connectivity index (χ0) is 20.9. The maximum Gasteiger partial charge on any atom is 0.417 e. The molecule has 1 fully saturated rings. The summed E-state index contributed by atoms with van der Waals surface area (Å²) >= 11 is 0. The molecule has 1 aromatic carbocycles. The highest BCUT2D eigenvalue weighted by atomic mass is 19.4. The Morgan fingerprint density at radius 2 is 2.00 bits per heavy atom. The molecule has 2 heterocycles. The second kappa shape index (κ2) is 9.02. The van der Waals surface area contributed by atoms with Gasteiger partial charge in [0.05, 0.1) is 12.7 Å². The van der Waals surface area contributed by atoms with E-state index in [-0.39, 0.29) is 18.6 Å². The lowest BCUT2D eigenvalue weighted by Crippen LogP contribution is -2.49. The molecule has 2 aromatic rings. The number of nitrogens with one attached hydrogen (secondary N) is 1. The zero-order valence-corrected chi connectivity index (χ0v) is 15.9. The fourth-order valence-electron chi connectivity index (χ4n) is 3.19. The van der Waals surface area contributed by atoms with Crippen LogP contribution in [-0.2, 0) is 11.0 Å². The first-order valence-corrected chi connectivity index (χ1v) is 9.20. The number of carbonyl (C=O) groups excluding carboxylic acids is 1. The molecule has 3 rings (SSSR count). The van der Waals surface area contributed by atoms with Crippen LogP contribution < -0.4 is 19.7 Å². The number of anilines is 1. The molecule has 1 aliphatic rings. The Morgan fingerprint density at radius 3 is 2.66 bits per heavy atom. The number of alkyl halides is 3. The van der Waals surface area contributed by atoms with E-state index >= 15 is 0 Å². The van der Waals surface area contributed by atoms with Gasteiger partial charge in [-0.25, -0.2) is 4.98 Å². The van der Waals surface area contributed by atoms with Crippen molar-refractivity contribution in [2.45, 2.75) is 25.1 Å². The standard InChI is InChI=1S/C20H22F3N3O3/c1-28-16-6-2-3-7-17(16)29-13-19(27)25-15-5-4-10-26(12-15)18-9-8-14(11-24-18)20(21,22)23/h2-3,6-9,11,15H,4-5,10,12-13H2,1H3,(H,25,27). The summed E-state index contributed by atoms with van der Waals surface area (Å²) in [5.74, 6) is 1.20. The number of carbonyl (C=O) groups is 1. The van der Waals surface area contributed by atoms with Crippen LogP contribution in [0, 0.1) is 0 Å². The summed E-state index contributed by atoms with van der Waals surface area (Å²) < 4.78 is 48.8. The Hall–Kier alpha value is -2.97. The fourth-order valence-corrected chi connectivity index (χ4v) is 3.19. The number of halogens is 3. The van der Waals surface area contributed by atoms with E-state index in [4.69, 9.17) is 9.47 Å². The zero-order valence-electron chi connectivity index (χ0n) is 15.9. The number of pyridine rings is 1. The van der Waals surface area contributed by atoms with E-state index in [1.165, 1.54) is 13.2 Å². The van der Waals surface area contributed by atoms with Crippen LogP contribution in [-0.4, -0.2) is 43.7 Å². The van der Waals surface area contributed by atoms with Crippen molar-refractivity contribution in [3.8, 4) is 11.5 Å². The van der Waals surface area contributed by atoms with Gasteiger partial charge in [0.1, 0.15) is 5.82 Å². The Kier molecular flexibility index (Phi) is 6.46. The number of hydrogen-bond donors (Lipinski definition) is 1. The van der Waals surface area contributed by atoms with Crippen molar-refractivity contribution in [3.05, 3.63) is 48.2 Å². The van der Waals surface area contributed by atoms with E-state index < -0.39 is 11.7 Å². The third kappa shape index (κ3) is 5.52. The van der Waals surface area contributed by atoms with Gasteiger partial charge < -0.3 is 19.7 Å². The molecule has 1 saturated heterocycles. The second-order valence-corrected chi connectivity index (χ2v) is 6.70. The predicted octanol–water partition coefficient (Wildman–Crippen LogP) is 3.27. The molecule has 9 heteroatoms. The number of amides is 1. The van der Waals surface area contributed by atoms with Crippen molar-refractivity contribution in [1.82, 2.24) is 10.3 Å². The third-order valence-electron chi connectivity index (χ3n) is 4.61. The number of piperidine rings is 1. The molecule has 1 aliphatic heterocycles. The van der Waals surface area contributed by atoms with Gasteiger partial charge in [0, 0.05) is 25.3 Å². The van der Waals surface area contributed by atoms with Gasteiger partial charge in [0.25, 0.3) is 5.91 Å². The van der Waals surface area contributed by atoms with Crippen LogP contribution in [0.1, 0.15) is 18.4 Å². The van der Waals surface area contributed by atoms with Gasteiger partial charge in [0.15, 0.2) is 18.1 Å². The number of rotatable bonds is 6. The summed E-state index contributed by atoms with van der Waals surface area (Å²) in [7, 11) is 1.52. The SMILES string of the molecule is COc1ccccc1OCC(=O)NC1CCCN(c2ccc(C(F)(F)F)cn2)C1. The molecule has 1 N–H and O–H groups in total. The molecule has 0 radical (unpaired) electrons. The lowest BCUT2D eigenvalue weighted by Gasteiger charge is -2.34. The van der Waals surface area contributed by atoms with Crippen LogP contribution in [0.3, 0.4) is 0 Å². The smallest absolute Gasteiger partial charge is 0.417 e. The minimum absolute atomic E-state index is 0.137. The van der Waals surface area contributed by atoms with Gasteiger partial charge in [-0.1, -0.05) is 12.1 Å². The van der Waals surface area contributed by atoms with Crippen molar-refractivity contribution >= 4 is 11.7 Å². The van der Waals surface area contributed by atoms with E-state index in [2.05, 4.69) is 10.3 Å². The molecule has 6 nitrogen and oxygen atoms in total. The van der Waals surface area contributed by atoms with Gasteiger partial charge in [-0.3, -0.25) is 4.79 Å². The van der Waals surface area contributed by atoms with Crippen LogP contribution in [0.25, 0.3) is 0 Å². The predicted molar refractivity (Wildman–Crippen MR) is 101 cm³/mol. The van der Waals surface area contributed by atoms with E-state index in [0.29, 0.717) is 30.4 Å². The van der Waals surface area contributed by atoms with Crippen molar-refractivity contribution in [2.75, 3.05) is 31.7 Å². The number of ether oxygens (including phenoxy) is 2. The molecule has 0 saturated carbocycles. The number of para-hydroxylation sites is 2. The topological polar surface area (TPSA) is 63.7 Å². The van der Waals surface area contributed by atoms with Crippen LogP contribution in [0.5, 0.6) is 11.5 Å². The maximum absolute atomic E-state index is 12.7. The van der Waals surface area contributed by atoms with E-state index in [9.17, 15) is 18.0 Å². The maximum atomic E-state index is 12.7. The molecule has 1 aromatic heterocycles. The highest BCUT2D eigenvalue weighted by Crippen LogP contribution is 2.30. The lowest BCUT2D eigenvalue weighted by molar-refractivity contribution is -0.137. The highest BCUT2D eigenvalue weighted by Gasteiger charge is 2.31. The third-order valence-corrected chi connectivity index (χ3v) is 4.61. The van der Waals surface area contributed by atoms with Gasteiger partial charge in [0.2, 0.25) is 0 Å². The molecule has 1 unspecified atom stereocenters. The molecule has 156 valence electrons. The Labute approximate surface area is 166 Å². The molecular formula is C20H22F3N3O3. The summed E-state index contributed by atoms with van der Waals surface area (Å²) in [6.07, 6.45) is -2.01. The molecule has 0 spiro atoms. The van der Waals surface area contributed by atoms with Crippen molar-refractivity contribution in [1.29, 1.82) is 0 Å². The molecule has 1 amide bonds. The highest BCUT2D eigenvalue weighted by molar-refractivity contribution is 5.78. The quantitative estimate of drug-likeness (QED) is 0.794. The molecule has 29 heavy (non-hydrogen) atoms. The van der Waals surface area contributed by atoms with Crippen LogP contribution in [0.15, 0.2) is 42.6 Å². The molecule has 0 bridgehead atoms. The van der Waals surface area contributed by atoms with E-state index in [1.54, 1.807) is 24.3 Å². The molecule has 1 atom stereocenters. The summed E-state index contributed by atoms with van der Waals surface area (Å²) in [5, 5.41) is 2.91. The first-order chi connectivity index (χ1) is 13.9. The fraction of sp³-hybridized carbons (Fsp3) is 0.400. The Bertz CT molecular complexity index is 828. The van der Waals surface area contributed by atoms with Gasteiger partial charge in [-0.15, -0.1) is 0 Å². The first kappa shape index (κ1) is 20.8. The van der Waals surface area contributed by atoms with E-state index in [0.717, 1.165) is 25.1 Å². The van der Waals surface area contributed by atoms with E-state index in [1.807, 2.05) is 4.90 Å². The molecule has 0 aliphatic carbocycles. The van der Waals surface area contributed by atoms with Crippen molar-refractivity contribution in [2.24, 2.45) is 0 Å². The van der Waals surface area contributed by atoms with Gasteiger partial charge >= 0.3 is 6.18 Å². The van der Waals surface area contributed by atoms with Crippen molar-refractivity contribution in [3.63, 3.8) is 0 Å². The Morgan fingerprint density at radius 1 is 1.24 bits per heavy atom. The van der Waals surface area contributed by atoms with Crippen LogP contribution in [0.4, 0.5) is 19.0 Å². The van der Waals surface area contributed by atoms with Crippen molar-refractivity contribution < 1.29 is 27.4 Å². The second-order valence-electron chi connectivity index (χ2n) is 6.70. The summed E-state index contributed by atoms with van der Waals surface area (Å²) in [4.78, 5) is 18.0. The number of methoxy groups -OCH3 is 1. The number of nitrogens with zero attached hydrogens (tertiary/aromatic N) is 2. The first-order valence-electron chi connectivity index (χ1n) is 9.20. The number of aromatic nitrogens is 1. The average molecular weight is 409 g/mol. The lowest BCUT2D eigenvalue weighted by atomic mass is 10.1. The average Bonchev–Trinajstić information content (AvgIpc) is 2.72. The van der Waals surface area contributed by atoms with Crippen LogP contribution >= 0.6 is 0 Å². The summed E-state index contributed by atoms with van der Waals surface area (Å²) in [6, 6.07) is 9.28. The largest absolute Gasteiger partial charge is 0.493 e. The van der Waals surface area contributed by atoms with Gasteiger partial charge in [-0.2, -0.15) is 13.2 Å². The van der Waals surface area contributed by atoms with Crippen LogP contribution in [0.2, 0.25) is 0 Å². The number of hydrogen-bond acceptors (Lipinski definition) is 5. The summed E-state index contributed by atoms with van der Waals surface area (Å²) in [5.41, 5.74) is -0.781. The Balaban J connectivity index is 1.53. The minimum Gasteiger partial charge on any atom is -0.493 e. The van der Waals surface area contributed by atoms with Gasteiger partial charge in [-0.05, 0) is 37.1 Å². The number of benzene rings is 1. The monoisotopic (exact) mass is 409 g/mol. The summed E-state index contributed by atoms with van der Waals surface area (Å²) in [6.45, 7) is 0.983. The molecular weight excluding hydrogens is 387 g/mol.